The van der Waals surface area contributed by atoms with Crippen LogP contribution in [0.25, 0.3) is 0 Å². The molecule has 1 amide bonds. The number of fused-ring (bicyclic) bond motifs is 1. The number of hydrogen-bond acceptors (Lipinski definition) is 5. The Balaban J connectivity index is 1.67. The third-order valence-corrected chi connectivity index (χ3v) is 5.66. The van der Waals surface area contributed by atoms with Crippen molar-refractivity contribution in [1.82, 2.24) is 4.37 Å². The number of para-hydroxylation sites is 1. The second-order valence-corrected chi connectivity index (χ2v) is 7.58. The van der Waals surface area contributed by atoms with Crippen LogP contribution in [0.2, 0.25) is 5.02 Å². The average molecular weight is 415 g/mol. The Morgan fingerprint density at radius 1 is 1.29 bits per heavy atom. The van der Waals surface area contributed by atoms with Crippen molar-refractivity contribution < 1.29 is 19.4 Å². The van der Waals surface area contributed by atoms with Crippen LogP contribution in [0.3, 0.4) is 0 Å². The Labute approximate surface area is 169 Å². The normalized spacial score (nSPS) is 15.6. The topological polar surface area (TPSA) is 88.5 Å². The minimum absolute atomic E-state index is 0.129. The summed E-state index contributed by atoms with van der Waals surface area (Å²) in [5, 5.41) is 12.6. The van der Waals surface area contributed by atoms with Gasteiger partial charge < -0.3 is 15.2 Å². The first-order valence-corrected chi connectivity index (χ1v) is 9.67. The number of carbonyl (C=O) groups excluding carboxylic acids is 1. The monoisotopic (exact) mass is 414 g/mol. The van der Waals surface area contributed by atoms with E-state index in [9.17, 15) is 14.7 Å². The number of nitrogens with zero attached hydrogens (tertiary/aromatic N) is 1. The SMILES string of the molecule is O=C1C[C@H](c2ccccc2OCc2cccc(Cl)c2)c2snc(C(=O)O)c2N1. The van der Waals surface area contributed by atoms with Gasteiger partial charge in [0.1, 0.15) is 12.4 Å². The molecule has 2 heterocycles. The van der Waals surface area contributed by atoms with Crippen LogP contribution in [0.15, 0.2) is 48.5 Å². The molecule has 6 nitrogen and oxygen atoms in total. The molecular formula is C20H15ClN2O4S. The van der Waals surface area contributed by atoms with Crippen molar-refractivity contribution in [3.63, 3.8) is 0 Å². The van der Waals surface area contributed by atoms with E-state index < -0.39 is 5.97 Å². The van der Waals surface area contributed by atoms with Gasteiger partial charge in [0.25, 0.3) is 0 Å². The lowest BCUT2D eigenvalue weighted by Crippen LogP contribution is -2.23. The molecule has 1 aromatic heterocycles. The first kappa shape index (κ1) is 18.5. The highest BCUT2D eigenvalue weighted by molar-refractivity contribution is 7.06. The van der Waals surface area contributed by atoms with Gasteiger partial charge in [0.05, 0.1) is 10.6 Å². The van der Waals surface area contributed by atoms with Gasteiger partial charge in [-0.15, -0.1) is 0 Å². The van der Waals surface area contributed by atoms with Crippen molar-refractivity contribution in [3.05, 3.63) is 75.3 Å². The minimum atomic E-state index is -1.16. The lowest BCUT2D eigenvalue weighted by molar-refractivity contribution is -0.116. The number of amides is 1. The Bertz CT molecular complexity index is 1070. The van der Waals surface area contributed by atoms with Gasteiger partial charge >= 0.3 is 5.97 Å². The standard InChI is InChI=1S/C20H15ClN2O4S/c21-12-5-3-4-11(8-12)10-27-15-7-2-1-6-13(15)14-9-16(24)22-17-18(20(25)26)23-28-19(14)17/h1-8,14H,9-10H2,(H,22,24)(H,25,26)/t14-/m1/s1. The van der Waals surface area contributed by atoms with Gasteiger partial charge in [-0.1, -0.05) is 41.9 Å². The number of nitrogens with one attached hydrogen (secondary N) is 1. The Kier molecular flexibility index (Phi) is 5.02. The van der Waals surface area contributed by atoms with E-state index in [1.54, 1.807) is 6.07 Å². The lowest BCUT2D eigenvalue weighted by atomic mass is 9.89. The van der Waals surface area contributed by atoms with Crippen LogP contribution in [0.5, 0.6) is 5.75 Å². The van der Waals surface area contributed by atoms with Crippen molar-refractivity contribution in [2.45, 2.75) is 18.9 Å². The largest absolute Gasteiger partial charge is 0.489 e. The number of carbonyl (C=O) groups is 2. The van der Waals surface area contributed by atoms with E-state index in [1.165, 1.54) is 0 Å². The average Bonchev–Trinajstić information content (AvgIpc) is 3.10. The number of ether oxygens (including phenoxy) is 1. The molecule has 0 radical (unpaired) electrons. The molecule has 0 aliphatic carbocycles. The highest BCUT2D eigenvalue weighted by atomic mass is 35.5. The van der Waals surface area contributed by atoms with Gasteiger partial charge in [0, 0.05) is 22.9 Å². The molecule has 0 saturated heterocycles. The summed E-state index contributed by atoms with van der Waals surface area (Å²) < 4.78 is 10.0. The summed E-state index contributed by atoms with van der Waals surface area (Å²) in [5.41, 5.74) is 1.90. The van der Waals surface area contributed by atoms with Crippen LogP contribution in [0.4, 0.5) is 5.69 Å². The number of carboxylic acid groups (broad SMARTS) is 1. The quantitative estimate of drug-likeness (QED) is 0.639. The molecule has 142 valence electrons. The zero-order valence-electron chi connectivity index (χ0n) is 14.5. The minimum Gasteiger partial charge on any atom is -0.489 e. The summed E-state index contributed by atoms with van der Waals surface area (Å²) in [6.07, 6.45) is 0.200. The molecule has 3 aromatic rings. The molecule has 8 heteroatoms. The molecule has 2 N–H and O–H groups in total. The van der Waals surface area contributed by atoms with Crippen LogP contribution in [-0.2, 0) is 11.4 Å². The van der Waals surface area contributed by atoms with Crippen LogP contribution in [-0.4, -0.2) is 21.4 Å². The molecule has 28 heavy (non-hydrogen) atoms. The number of hydrogen-bond donors (Lipinski definition) is 2. The highest BCUT2D eigenvalue weighted by Gasteiger charge is 2.34. The number of rotatable bonds is 5. The Morgan fingerprint density at radius 2 is 2.11 bits per heavy atom. The number of aromatic carboxylic acids is 1. The van der Waals surface area contributed by atoms with Crippen molar-refractivity contribution >= 4 is 40.7 Å². The molecule has 2 aromatic carbocycles. The van der Waals surface area contributed by atoms with Crippen molar-refractivity contribution in [2.75, 3.05) is 5.32 Å². The maximum Gasteiger partial charge on any atom is 0.357 e. The summed E-state index contributed by atoms with van der Waals surface area (Å²) in [7, 11) is 0. The first-order chi connectivity index (χ1) is 13.5. The van der Waals surface area contributed by atoms with Gasteiger partial charge in [0.2, 0.25) is 5.91 Å². The fourth-order valence-corrected chi connectivity index (χ4v) is 4.36. The van der Waals surface area contributed by atoms with E-state index in [1.807, 2.05) is 42.5 Å². The fraction of sp³-hybridized carbons (Fsp3) is 0.150. The van der Waals surface area contributed by atoms with Crippen LogP contribution < -0.4 is 10.1 Å². The Hall–Kier alpha value is -2.90. The van der Waals surface area contributed by atoms with Crippen LogP contribution >= 0.6 is 23.1 Å². The third kappa shape index (κ3) is 3.58. The summed E-state index contributed by atoms with van der Waals surface area (Å²) in [6, 6.07) is 14.9. The molecule has 0 spiro atoms. The predicted octanol–water partition coefficient (Wildman–Crippen LogP) is 4.55. The number of halogens is 1. The molecule has 0 fully saturated rings. The summed E-state index contributed by atoms with van der Waals surface area (Å²) >= 11 is 7.12. The second-order valence-electron chi connectivity index (χ2n) is 6.34. The summed E-state index contributed by atoms with van der Waals surface area (Å²) in [5.74, 6) is -1.09. The summed E-state index contributed by atoms with van der Waals surface area (Å²) in [6.45, 7) is 0.326. The van der Waals surface area contributed by atoms with E-state index in [4.69, 9.17) is 16.3 Å². The van der Waals surface area contributed by atoms with E-state index >= 15 is 0 Å². The van der Waals surface area contributed by atoms with E-state index in [0.29, 0.717) is 17.4 Å². The predicted molar refractivity (Wildman–Crippen MR) is 106 cm³/mol. The van der Waals surface area contributed by atoms with Gasteiger partial charge in [0.15, 0.2) is 5.69 Å². The zero-order chi connectivity index (χ0) is 19.7. The van der Waals surface area contributed by atoms with E-state index in [-0.39, 0.29) is 29.6 Å². The maximum absolute atomic E-state index is 12.2. The lowest BCUT2D eigenvalue weighted by Gasteiger charge is -2.24. The van der Waals surface area contributed by atoms with Gasteiger partial charge in [-0.2, -0.15) is 4.37 Å². The van der Waals surface area contributed by atoms with Gasteiger partial charge in [-0.25, -0.2) is 4.79 Å². The van der Waals surface area contributed by atoms with Gasteiger partial charge in [-0.05, 0) is 35.3 Å². The van der Waals surface area contributed by atoms with Crippen molar-refractivity contribution in [3.8, 4) is 5.75 Å². The molecule has 0 unspecified atom stereocenters. The molecule has 1 aliphatic rings. The number of anilines is 1. The molecule has 1 aliphatic heterocycles. The number of benzene rings is 2. The molecular weight excluding hydrogens is 400 g/mol. The van der Waals surface area contributed by atoms with Crippen molar-refractivity contribution in [2.24, 2.45) is 0 Å². The molecule has 4 rings (SSSR count). The highest BCUT2D eigenvalue weighted by Crippen LogP contribution is 2.44. The number of carboxylic acids is 1. The smallest absolute Gasteiger partial charge is 0.357 e. The van der Waals surface area contributed by atoms with E-state index in [2.05, 4.69) is 9.69 Å². The second kappa shape index (κ2) is 7.61. The summed E-state index contributed by atoms with van der Waals surface area (Å²) in [4.78, 5) is 24.3. The molecule has 0 saturated carbocycles. The maximum atomic E-state index is 12.2. The first-order valence-electron chi connectivity index (χ1n) is 8.52. The van der Waals surface area contributed by atoms with Crippen LogP contribution in [0, 0.1) is 0 Å². The van der Waals surface area contributed by atoms with E-state index in [0.717, 1.165) is 27.5 Å². The fourth-order valence-electron chi connectivity index (χ4n) is 3.21. The van der Waals surface area contributed by atoms with Crippen LogP contribution in [0.1, 0.15) is 38.8 Å². The van der Waals surface area contributed by atoms with Gasteiger partial charge in [-0.3, -0.25) is 4.79 Å². The Morgan fingerprint density at radius 3 is 2.89 bits per heavy atom. The third-order valence-electron chi connectivity index (χ3n) is 4.47. The zero-order valence-corrected chi connectivity index (χ0v) is 16.1. The molecule has 0 bridgehead atoms. The molecule has 1 atom stereocenters. The van der Waals surface area contributed by atoms with Crippen molar-refractivity contribution in [1.29, 1.82) is 0 Å². The number of aromatic nitrogens is 1.